The third-order valence-corrected chi connectivity index (χ3v) is 4.61. The summed E-state index contributed by atoms with van der Waals surface area (Å²) < 4.78 is 45.7. The molecule has 0 amide bonds. The van der Waals surface area contributed by atoms with Gasteiger partial charge in [-0.05, 0) is 30.3 Å². The number of fused-ring (bicyclic) bond motifs is 3. The minimum atomic E-state index is -4.61. The van der Waals surface area contributed by atoms with Gasteiger partial charge < -0.3 is 19.9 Å². The lowest BCUT2D eigenvalue weighted by Crippen LogP contribution is -2.08. The molecule has 4 rings (SSSR count). The maximum absolute atomic E-state index is 13.4. The van der Waals surface area contributed by atoms with Crippen LogP contribution in [-0.4, -0.2) is 22.2 Å². The molecule has 0 aliphatic heterocycles. The van der Waals surface area contributed by atoms with Crippen LogP contribution in [-0.2, 0) is 6.18 Å². The van der Waals surface area contributed by atoms with E-state index in [0.717, 1.165) is 6.07 Å². The van der Waals surface area contributed by atoms with E-state index < -0.39 is 23.7 Å². The van der Waals surface area contributed by atoms with Crippen molar-refractivity contribution in [3.8, 4) is 0 Å². The molecule has 0 atom stereocenters. The fraction of sp³-hybridized carbons (Fsp3) is 0.0476. The van der Waals surface area contributed by atoms with E-state index in [2.05, 4.69) is 5.32 Å². The molecule has 0 fully saturated rings. The van der Waals surface area contributed by atoms with Crippen molar-refractivity contribution in [2.75, 3.05) is 5.32 Å². The number of alkyl halides is 3. The fourth-order valence-electron chi connectivity index (χ4n) is 3.33. The van der Waals surface area contributed by atoms with Gasteiger partial charge in [-0.25, -0.2) is 9.59 Å². The van der Waals surface area contributed by atoms with E-state index >= 15 is 0 Å². The Morgan fingerprint density at radius 3 is 2.13 bits per heavy atom. The topological polar surface area (TPSA) is 99.8 Å². The van der Waals surface area contributed by atoms with Crippen molar-refractivity contribution in [2.24, 2.45) is 0 Å². The van der Waals surface area contributed by atoms with Gasteiger partial charge in [-0.1, -0.05) is 24.3 Å². The summed E-state index contributed by atoms with van der Waals surface area (Å²) in [6, 6.07) is 11.6. The van der Waals surface area contributed by atoms with E-state index in [0.29, 0.717) is 0 Å². The molecule has 0 saturated carbocycles. The molecule has 6 nitrogen and oxygen atoms in total. The van der Waals surface area contributed by atoms with Crippen LogP contribution in [0.3, 0.4) is 0 Å². The number of para-hydroxylation sites is 2. The predicted molar refractivity (Wildman–Crippen MR) is 102 cm³/mol. The van der Waals surface area contributed by atoms with Crippen molar-refractivity contribution >= 4 is 45.3 Å². The molecule has 0 aliphatic rings. The van der Waals surface area contributed by atoms with Crippen LogP contribution in [0.5, 0.6) is 0 Å². The van der Waals surface area contributed by atoms with E-state index in [-0.39, 0.29) is 44.4 Å². The number of carbonyl (C=O) groups is 2. The molecule has 0 spiro atoms. The van der Waals surface area contributed by atoms with Crippen molar-refractivity contribution < 1.29 is 37.4 Å². The van der Waals surface area contributed by atoms with Gasteiger partial charge in [-0.3, -0.25) is 0 Å². The fourth-order valence-corrected chi connectivity index (χ4v) is 3.33. The van der Waals surface area contributed by atoms with Crippen molar-refractivity contribution in [2.45, 2.75) is 6.18 Å². The average molecular weight is 415 g/mol. The first-order valence-corrected chi connectivity index (χ1v) is 8.56. The zero-order valence-corrected chi connectivity index (χ0v) is 14.9. The first-order chi connectivity index (χ1) is 14.2. The highest BCUT2D eigenvalue weighted by atomic mass is 19.4. The molecule has 0 bridgehead atoms. The zero-order valence-electron chi connectivity index (χ0n) is 14.9. The Kier molecular flexibility index (Phi) is 4.38. The Balaban J connectivity index is 2.02. The molecule has 152 valence electrons. The third-order valence-electron chi connectivity index (χ3n) is 4.61. The lowest BCUT2D eigenvalue weighted by molar-refractivity contribution is -0.136. The SMILES string of the molecule is O=C(O)c1cccc2c1oc1c(C(=O)O)ccc(Nc3ccccc3C(F)(F)F)c12. The van der Waals surface area contributed by atoms with Gasteiger partial charge in [-0.2, -0.15) is 13.2 Å². The number of carboxylic acid groups (broad SMARTS) is 2. The molecule has 0 unspecified atom stereocenters. The summed E-state index contributed by atoms with van der Waals surface area (Å²) in [5, 5.41) is 22.0. The summed E-state index contributed by atoms with van der Waals surface area (Å²) in [5.74, 6) is -2.60. The van der Waals surface area contributed by atoms with Crippen LogP contribution >= 0.6 is 0 Å². The standard InChI is InChI=1S/C21H12F3NO5/c22-21(23,24)13-6-1-2-7-14(13)25-15-9-8-12(20(28)29)18-16(15)10-4-3-5-11(19(26)27)17(10)30-18/h1-9,25H,(H,26,27)(H,28,29). The molecule has 3 N–H and O–H groups in total. The highest BCUT2D eigenvalue weighted by Crippen LogP contribution is 2.41. The lowest BCUT2D eigenvalue weighted by Gasteiger charge is -2.15. The van der Waals surface area contributed by atoms with E-state index in [4.69, 9.17) is 4.42 Å². The molecule has 1 heterocycles. The summed E-state index contributed by atoms with van der Waals surface area (Å²) in [4.78, 5) is 23.1. The average Bonchev–Trinajstić information content (AvgIpc) is 3.07. The molecule has 0 aliphatic carbocycles. The van der Waals surface area contributed by atoms with E-state index in [1.54, 1.807) is 0 Å². The minimum Gasteiger partial charge on any atom is -0.478 e. The summed E-state index contributed by atoms with van der Waals surface area (Å²) >= 11 is 0. The van der Waals surface area contributed by atoms with Crippen LogP contribution in [0.1, 0.15) is 26.3 Å². The summed E-state index contributed by atoms with van der Waals surface area (Å²) in [6.07, 6.45) is -4.61. The third kappa shape index (κ3) is 3.10. The Hall–Kier alpha value is -4.01. The molecule has 30 heavy (non-hydrogen) atoms. The maximum atomic E-state index is 13.4. The number of anilines is 2. The molecule has 9 heteroatoms. The molecule has 4 aromatic rings. The van der Waals surface area contributed by atoms with Gasteiger partial charge in [0.1, 0.15) is 16.7 Å². The largest absolute Gasteiger partial charge is 0.478 e. The lowest BCUT2D eigenvalue weighted by atomic mass is 10.0. The summed E-state index contributed by atoms with van der Waals surface area (Å²) in [7, 11) is 0. The second kappa shape index (κ2) is 6.80. The minimum absolute atomic E-state index is 0.0687. The van der Waals surface area contributed by atoms with Gasteiger partial charge >= 0.3 is 18.1 Å². The van der Waals surface area contributed by atoms with E-state index in [9.17, 15) is 33.0 Å². The number of carboxylic acids is 2. The molecule has 3 aromatic carbocycles. The van der Waals surface area contributed by atoms with E-state index in [1.165, 1.54) is 48.5 Å². The number of aromatic carboxylic acids is 2. The number of hydrogen-bond donors (Lipinski definition) is 3. The van der Waals surface area contributed by atoms with Crippen LogP contribution in [0, 0.1) is 0 Å². The van der Waals surface area contributed by atoms with Crippen molar-refractivity contribution in [1.82, 2.24) is 0 Å². The normalized spacial score (nSPS) is 11.7. The molecule has 1 aromatic heterocycles. The van der Waals surface area contributed by atoms with Gasteiger partial charge in [0.2, 0.25) is 0 Å². The Bertz CT molecular complexity index is 1320. The predicted octanol–water partition coefficient (Wildman–Crippen LogP) is 5.74. The van der Waals surface area contributed by atoms with E-state index in [1.807, 2.05) is 0 Å². The van der Waals surface area contributed by atoms with Crippen molar-refractivity contribution in [3.63, 3.8) is 0 Å². The van der Waals surface area contributed by atoms with Gasteiger partial charge in [0.15, 0.2) is 5.58 Å². The number of benzene rings is 3. The number of nitrogens with one attached hydrogen (secondary N) is 1. The van der Waals surface area contributed by atoms with Gasteiger partial charge in [-0.15, -0.1) is 0 Å². The highest BCUT2D eigenvalue weighted by Gasteiger charge is 2.33. The maximum Gasteiger partial charge on any atom is 0.418 e. The van der Waals surface area contributed by atoms with Crippen molar-refractivity contribution in [3.05, 3.63) is 71.3 Å². The second-order valence-electron chi connectivity index (χ2n) is 6.43. The quantitative estimate of drug-likeness (QED) is 0.393. The summed E-state index contributed by atoms with van der Waals surface area (Å²) in [5.41, 5.74) is -1.64. The van der Waals surface area contributed by atoms with Crippen LogP contribution in [0.15, 0.2) is 59.0 Å². The van der Waals surface area contributed by atoms with Crippen LogP contribution in [0.2, 0.25) is 0 Å². The smallest absolute Gasteiger partial charge is 0.418 e. The Morgan fingerprint density at radius 1 is 0.800 bits per heavy atom. The van der Waals surface area contributed by atoms with Crippen LogP contribution in [0.4, 0.5) is 24.5 Å². The zero-order chi connectivity index (χ0) is 21.6. The molecular formula is C21H12F3NO5. The van der Waals surface area contributed by atoms with Crippen LogP contribution in [0.25, 0.3) is 21.9 Å². The molecule has 0 radical (unpaired) electrons. The Labute approximate surface area is 166 Å². The first-order valence-electron chi connectivity index (χ1n) is 8.56. The van der Waals surface area contributed by atoms with Gasteiger partial charge in [0, 0.05) is 5.39 Å². The van der Waals surface area contributed by atoms with Crippen LogP contribution < -0.4 is 5.32 Å². The number of furan rings is 1. The highest BCUT2D eigenvalue weighted by molar-refractivity contribution is 6.19. The number of halogens is 3. The number of rotatable bonds is 4. The molecular weight excluding hydrogens is 403 g/mol. The Morgan fingerprint density at radius 2 is 1.47 bits per heavy atom. The summed E-state index contributed by atoms with van der Waals surface area (Å²) in [6.45, 7) is 0. The monoisotopic (exact) mass is 415 g/mol. The molecule has 0 saturated heterocycles. The van der Waals surface area contributed by atoms with Gasteiger partial charge in [0.25, 0.3) is 0 Å². The van der Waals surface area contributed by atoms with Crippen molar-refractivity contribution in [1.29, 1.82) is 0 Å². The second-order valence-corrected chi connectivity index (χ2v) is 6.43. The van der Waals surface area contributed by atoms with Gasteiger partial charge in [0.05, 0.1) is 22.3 Å². The number of hydrogen-bond acceptors (Lipinski definition) is 4. The first kappa shape index (κ1) is 19.3.